The first kappa shape index (κ1) is 17.3. The summed E-state index contributed by atoms with van der Waals surface area (Å²) in [7, 11) is 1.57. The van der Waals surface area contributed by atoms with Gasteiger partial charge in [0.1, 0.15) is 5.75 Å². The Labute approximate surface area is 158 Å². The predicted octanol–water partition coefficient (Wildman–Crippen LogP) is 3.26. The van der Waals surface area contributed by atoms with Crippen molar-refractivity contribution in [3.05, 3.63) is 66.2 Å². The summed E-state index contributed by atoms with van der Waals surface area (Å²) < 4.78 is 7.17. The van der Waals surface area contributed by atoms with Crippen LogP contribution in [0.2, 0.25) is 0 Å². The van der Waals surface area contributed by atoms with E-state index in [-0.39, 0.29) is 5.91 Å². The van der Waals surface area contributed by atoms with E-state index in [0.29, 0.717) is 30.3 Å². The van der Waals surface area contributed by atoms with E-state index in [1.54, 1.807) is 31.6 Å². The van der Waals surface area contributed by atoms with Gasteiger partial charge in [-0.15, -0.1) is 0 Å². The number of benzene rings is 1. The van der Waals surface area contributed by atoms with Gasteiger partial charge >= 0.3 is 0 Å². The second-order valence-corrected chi connectivity index (χ2v) is 6.66. The first-order valence-corrected chi connectivity index (χ1v) is 9.15. The molecule has 0 atom stereocenters. The van der Waals surface area contributed by atoms with Gasteiger partial charge in [-0.1, -0.05) is 12.1 Å². The number of methoxy groups -OCH3 is 1. The molecule has 0 aliphatic heterocycles. The van der Waals surface area contributed by atoms with E-state index in [2.05, 4.69) is 16.5 Å². The summed E-state index contributed by atoms with van der Waals surface area (Å²) in [5, 5.41) is 7.72. The van der Waals surface area contributed by atoms with Crippen molar-refractivity contribution < 1.29 is 9.53 Å². The van der Waals surface area contributed by atoms with Crippen LogP contribution in [0.5, 0.6) is 5.75 Å². The zero-order valence-corrected chi connectivity index (χ0v) is 15.3. The lowest BCUT2D eigenvalue weighted by Crippen LogP contribution is -2.27. The van der Waals surface area contributed by atoms with Crippen molar-refractivity contribution in [1.82, 2.24) is 20.1 Å². The van der Waals surface area contributed by atoms with Gasteiger partial charge in [-0.3, -0.25) is 14.5 Å². The summed E-state index contributed by atoms with van der Waals surface area (Å²) in [5.41, 5.74) is 3.99. The summed E-state index contributed by atoms with van der Waals surface area (Å²) in [6.07, 6.45) is 8.06. The normalized spacial score (nSPS) is 13.4. The molecule has 0 spiro atoms. The number of pyridine rings is 1. The number of rotatable bonds is 7. The largest absolute Gasteiger partial charge is 0.496 e. The first-order chi connectivity index (χ1) is 13.3. The van der Waals surface area contributed by atoms with Crippen molar-refractivity contribution in [3.8, 4) is 16.9 Å². The number of ether oxygens (including phenoxy) is 1. The molecular weight excluding hydrogens is 340 g/mol. The quantitative estimate of drug-likeness (QED) is 0.700. The first-order valence-electron chi connectivity index (χ1n) is 9.15. The maximum atomic E-state index is 12.4. The van der Waals surface area contributed by atoms with Crippen molar-refractivity contribution in [3.63, 3.8) is 0 Å². The Bertz CT molecular complexity index is 932. The van der Waals surface area contributed by atoms with E-state index >= 15 is 0 Å². The molecule has 27 heavy (non-hydrogen) atoms. The molecule has 1 N–H and O–H groups in total. The number of nitrogens with one attached hydrogen (secondary N) is 1. The molecule has 4 rings (SSSR count). The number of nitrogens with zero attached hydrogens (tertiary/aromatic N) is 3. The topological polar surface area (TPSA) is 69.0 Å². The molecule has 6 nitrogen and oxygen atoms in total. The summed E-state index contributed by atoms with van der Waals surface area (Å²) >= 11 is 0. The molecular formula is C21H22N4O2. The van der Waals surface area contributed by atoms with Crippen LogP contribution in [-0.2, 0) is 6.54 Å². The summed E-state index contributed by atoms with van der Waals surface area (Å²) in [4.78, 5) is 16.5. The molecule has 1 amide bonds. The minimum atomic E-state index is -0.142. The molecule has 3 aromatic rings. The Hall–Kier alpha value is -3.15. The molecule has 6 heteroatoms. The van der Waals surface area contributed by atoms with Crippen molar-refractivity contribution in [2.45, 2.75) is 25.3 Å². The number of hydrogen-bond acceptors (Lipinski definition) is 4. The predicted molar refractivity (Wildman–Crippen MR) is 103 cm³/mol. The molecule has 1 aromatic carbocycles. The lowest BCUT2D eigenvalue weighted by Gasteiger charge is -2.09. The fourth-order valence-corrected chi connectivity index (χ4v) is 3.17. The highest BCUT2D eigenvalue weighted by Gasteiger charge is 2.29. The lowest BCUT2D eigenvalue weighted by molar-refractivity contribution is 0.0949. The van der Waals surface area contributed by atoms with E-state index in [1.165, 1.54) is 12.8 Å². The third-order valence-corrected chi connectivity index (χ3v) is 4.72. The minimum absolute atomic E-state index is 0.142. The summed E-state index contributed by atoms with van der Waals surface area (Å²) in [6.45, 7) is 1.12. The number of para-hydroxylation sites is 1. The molecule has 0 unspecified atom stereocenters. The maximum Gasteiger partial charge on any atom is 0.255 e. The van der Waals surface area contributed by atoms with Gasteiger partial charge in [0.05, 0.1) is 24.9 Å². The summed E-state index contributed by atoms with van der Waals surface area (Å²) in [5.74, 6) is 0.985. The lowest BCUT2D eigenvalue weighted by atomic mass is 10.1. The van der Waals surface area contributed by atoms with Gasteiger partial charge in [0.2, 0.25) is 0 Å². The second-order valence-electron chi connectivity index (χ2n) is 6.66. The Kier molecular flexibility index (Phi) is 4.87. The number of hydrogen-bond donors (Lipinski definition) is 1. The zero-order chi connectivity index (χ0) is 18.6. The molecule has 1 aliphatic rings. The van der Waals surface area contributed by atoms with Crippen LogP contribution in [0, 0.1) is 0 Å². The van der Waals surface area contributed by atoms with E-state index in [1.807, 2.05) is 28.9 Å². The second kappa shape index (κ2) is 7.61. The molecule has 1 fully saturated rings. The standard InChI is InChI=1S/C21H22N4O2/c1-27-19-5-3-2-4-17(19)21(26)23-12-13-25-14-18(15-8-10-22-11-9-15)20(24-25)16-6-7-16/h2-5,8-11,14,16H,6-7,12-13H2,1H3,(H,23,26). The molecule has 2 heterocycles. The summed E-state index contributed by atoms with van der Waals surface area (Å²) in [6, 6.07) is 11.2. The van der Waals surface area contributed by atoms with Crippen LogP contribution >= 0.6 is 0 Å². The molecule has 0 bridgehead atoms. The molecule has 0 radical (unpaired) electrons. The van der Waals surface area contributed by atoms with Gasteiger partial charge in [-0.25, -0.2) is 0 Å². The van der Waals surface area contributed by atoms with Crippen LogP contribution < -0.4 is 10.1 Å². The van der Waals surface area contributed by atoms with Gasteiger partial charge in [0, 0.05) is 36.6 Å². The van der Waals surface area contributed by atoms with Gasteiger partial charge in [0.15, 0.2) is 0 Å². The SMILES string of the molecule is COc1ccccc1C(=O)NCCn1cc(-c2ccncc2)c(C2CC2)n1. The third-order valence-electron chi connectivity index (χ3n) is 4.72. The van der Waals surface area contributed by atoms with E-state index < -0.39 is 0 Å². The number of aromatic nitrogens is 3. The highest BCUT2D eigenvalue weighted by Crippen LogP contribution is 2.43. The average Bonchev–Trinajstić information content (AvgIpc) is 3.48. The van der Waals surface area contributed by atoms with Crippen molar-refractivity contribution in [1.29, 1.82) is 0 Å². The molecule has 0 saturated heterocycles. The zero-order valence-electron chi connectivity index (χ0n) is 15.3. The molecule has 1 aliphatic carbocycles. The van der Waals surface area contributed by atoms with Gasteiger partial charge in [-0.05, 0) is 42.7 Å². The molecule has 2 aromatic heterocycles. The Morgan fingerprint density at radius 2 is 2.00 bits per heavy atom. The third kappa shape index (κ3) is 3.84. The van der Waals surface area contributed by atoms with Crippen molar-refractivity contribution in [2.75, 3.05) is 13.7 Å². The Balaban J connectivity index is 1.44. The van der Waals surface area contributed by atoms with Crippen LogP contribution in [0.15, 0.2) is 55.0 Å². The van der Waals surface area contributed by atoms with Gasteiger partial charge < -0.3 is 10.1 Å². The smallest absolute Gasteiger partial charge is 0.255 e. The van der Waals surface area contributed by atoms with E-state index in [0.717, 1.165) is 16.8 Å². The van der Waals surface area contributed by atoms with Gasteiger partial charge in [0.25, 0.3) is 5.91 Å². The Morgan fingerprint density at radius 1 is 1.22 bits per heavy atom. The van der Waals surface area contributed by atoms with Gasteiger partial charge in [-0.2, -0.15) is 5.10 Å². The monoisotopic (exact) mass is 362 g/mol. The minimum Gasteiger partial charge on any atom is -0.496 e. The molecule has 1 saturated carbocycles. The van der Waals surface area contributed by atoms with E-state index in [4.69, 9.17) is 9.84 Å². The Morgan fingerprint density at radius 3 is 2.74 bits per heavy atom. The van der Waals surface area contributed by atoms with Crippen LogP contribution in [0.3, 0.4) is 0 Å². The molecule has 138 valence electrons. The highest BCUT2D eigenvalue weighted by atomic mass is 16.5. The van der Waals surface area contributed by atoms with Crippen molar-refractivity contribution >= 4 is 5.91 Å². The number of carbonyl (C=O) groups is 1. The van der Waals surface area contributed by atoms with Crippen LogP contribution in [0.4, 0.5) is 0 Å². The highest BCUT2D eigenvalue weighted by molar-refractivity contribution is 5.96. The van der Waals surface area contributed by atoms with Crippen LogP contribution in [0.25, 0.3) is 11.1 Å². The number of amides is 1. The van der Waals surface area contributed by atoms with Crippen molar-refractivity contribution in [2.24, 2.45) is 0 Å². The fraction of sp³-hybridized carbons (Fsp3) is 0.286. The average molecular weight is 362 g/mol. The van der Waals surface area contributed by atoms with Crippen LogP contribution in [-0.4, -0.2) is 34.3 Å². The van der Waals surface area contributed by atoms with Crippen LogP contribution in [0.1, 0.15) is 34.8 Å². The fourth-order valence-electron chi connectivity index (χ4n) is 3.17. The van der Waals surface area contributed by atoms with E-state index in [9.17, 15) is 4.79 Å². The maximum absolute atomic E-state index is 12.4. The number of carbonyl (C=O) groups excluding carboxylic acids is 1.